The SMILES string of the molecule is COc1cc([N+](=O)[O-])cc(C=O)c1S(N)(=O)=O. The predicted octanol–water partition coefficient (Wildman–Crippen LogP) is 0.0633. The molecular weight excluding hydrogens is 252 g/mol. The van der Waals surface area contributed by atoms with Gasteiger partial charge in [0.15, 0.2) is 6.29 Å². The van der Waals surface area contributed by atoms with Gasteiger partial charge in [-0.25, -0.2) is 13.6 Å². The zero-order chi connectivity index (χ0) is 13.2. The Bertz CT molecular complexity index is 580. The second-order valence-corrected chi connectivity index (χ2v) is 4.48. The van der Waals surface area contributed by atoms with Gasteiger partial charge in [-0.05, 0) is 0 Å². The molecular formula is C8H8N2O6S. The van der Waals surface area contributed by atoms with E-state index in [1.165, 1.54) is 0 Å². The maximum atomic E-state index is 11.2. The van der Waals surface area contributed by atoms with Crippen LogP contribution in [-0.4, -0.2) is 26.7 Å². The number of nitro benzene ring substituents is 1. The van der Waals surface area contributed by atoms with Crippen LogP contribution in [0.1, 0.15) is 10.4 Å². The van der Waals surface area contributed by atoms with Crippen LogP contribution in [-0.2, 0) is 10.0 Å². The number of nitrogens with zero attached hydrogens (tertiary/aromatic N) is 1. The van der Waals surface area contributed by atoms with Gasteiger partial charge in [0.25, 0.3) is 5.69 Å². The minimum absolute atomic E-state index is 0.162. The van der Waals surface area contributed by atoms with Gasteiger partial charge in [0.1, 0.15) is 10.6 Å². The van der Waals surface area contributed by atoms with E-state index in [0.717, 1.165) is 19.2 Å². The largest absolute Gasteiger partial charge is 0.495 e. The van der Waals surface area contributed by atoms with Gasteiger partial charge in [0.2, 0.25) is 10.0 Å². The first kappa shape index (κ1) is 13.1. The van der Waals surface area contributed by atoms with Crippen LogP contribution in [0.15, 0.2) is 17.0 Å². The summed E-state index contributed by atoms with van der Waals surface area (Å²) in [5, 5.41) is 15.5. The third-order valence-electron chi connectivity index (χ3n) is 1.91. The number of rotatable bonds is 4. The molecule has 0 radical (unpaired) electrons. The van der Waals surface area contributed by atoms with Crippen LogP contribution in [0.2, 0.25) is 0 Å². The molecule has 0 amide bonds. The van der Waals surface area contributed by atoms with Crippen molar-refractivity contribution in [2.75, 3.05) is 7.11 Å². The first-order chi connectivity index (χ1) is 7.81. The molecule has 0 aromatic heterocycles. The Morgan fingerprint density at radius 1 is 1.47 bits per heavy atom. The van der Waals surface area contributed by atoms with Crippen molar-refractivity contribution in [1.82, 2.24) is 0 Å². The molecule has 1 aromatic rings. The number of benzene rings is 1. The maximum Gasteiger partial charge on any atom is 0.273 e. The summed E-state index contributed by atoms with van der Waals surface area (Å²) in [5.41, 5.74) is -0.880. The van der Waals surface area contributed by atoms with E-state index >= 15 is 0 Å². The van der Waals surface area contributed by atoms with Crippen LogP contribution in [0.25, 0.3) is 0 Å². The molecule has 0 fully saturated rings. The number of nitro groups is 1. The first-order valence-corrected chi connectivity index (χ1v) is 5.70. The minimum Gasteiger partial charge on any atom is -0.495 e. The molecule has 0 unspecified atom stereocenters. The fraction of sp³-hybridized carbons (Fsp3) is 0.125. The van der Waals surface area contributed by atoms with Crippen LogP contribution in [0.5, 0.6) is 5.75 Å². The normalized spacial score (nSPS) is 10.9. The fourth-order valence-electron chi connectivity index (χ4n) is 1.26. The van der Waals surface area contributed by atoms with Crippen molar-refractivity contribution in [1.29, 1.82) is 0 Å². The van der Waals surface area contributed by atoms with Gasteiger partial charge in [0.05, 0.1) is 18.1 Å². The molecule has 8 nitrogen and oxygen atoms in total. The average Bonchev–Trinajstić information content (AvgIpc) is 2.25. The lowest BCUT2D eigenvalue weighted by Gasteiger charge is -2.08. The molecule has 0 saturated heterocycles. The average molecular weight is 260 g/mol. The summed E-state index contributed by atoms with van der Waals surface area (Å²) in [6.45, 7) is 0. The summed E-state index contributed by atoms with van der Waals surface area (Å²) in [6.07, 6.45) is 0.162. The number of sulfonamides is 1. The van der Waals surface area contributed by atoms with Crippen molar-refractivity contribution in [3.8, 4) is 5.75 Å². The third-order valence-corrected chi connectivity index (χ3v) is 2.92. The Labute approximate surface area is 96.2 Å². The van der Waals surface area contributed by atoms with E-state index in [2.05, 4.69) is 4.74 Å². The van der Waals surface area contributed by atoms with Crippen molar-refractivity contribution >= 4 is 22.0 Å². The number of hydrogen-bond acceptors (Lipinski definition) is 6. The topological polar surface area (TPSA) is 130 Å². The predicted molar refractivity (Wildman–Crippen MR) is 56.4 cm³/mol. The summed E-state index contributed by atoms with van der Waals surface area (Å²) in [7, 11) is -3.10. The van der Waals surface area contributed by atoms with E-state index < -0.39 is 31.1 Å². The maximum absolute atomic E-state index is 11.2. The molecule has 1 rings (SSSR count). The van der Waals surface area contributed by atoms with E-state index in [0.29, 0.717) is 0 Å². The van der Waals surface area contributed by atoms with Gasteiger partial charge in [-0.15, -0.1) is 0 Å². The van der Waals surface area contributed by atoms with Crippen molar-refractivity contribution in [2.24, 2.45) is 5.14 Å². The van der Waals surface area contributed by atoms with E-state index in [4.69, 9.17) is 5.14 Å². The lowest BCUT2D eigenvalue weighted by Crippen LogP contribution is -2.16. The molecule has 0 aliphatic heterocycles. The Hall–Kier alpha value is -2.00. The molecule has 0 aliphatic carbocycles. The highest BCUT2D eigenvalue weighted by Gasteiger charge is 2.24. The van der Waals surface area contributed by atoms with Crippen LogP contribution >= 0.6 is 0 Å². The van der Waals surface area contributed by atoms with Crippen molar-refractivity contribution in [2.45, 2.75) is 4.90 Å². The lowest BCUT2D eigenvalue weighted by molar-refractivity contribution is -0.385. The van der Waals surface area contributed by atoms with Gasteiger partial charge < -0.3 is 4.74 Å². The van der Waals surface area contributed by atoms with Gasteiger partial charge >= 0.3 is 0 Å². The number of carbonyl (C=O) groups excluding carboxylic acids is 1. The highest BCUT2D eigenvalue weighted by Crippen LogP contribution is 2.30. The van der Waals surface area contributed by atoms with E-state index in [1.807, 2.05) is 0 Å². The summed E-state index contributed by atoms with van der Waals surface area (Å²) in [6, 6.07) is 1.70. The van der Waals surface area contributed by atoms with Gasteiger partial charge in [-0.1, -0.05) is 0 Å². The molecule has 0 saturated carbocycles. The molecule has 0 heterocycles. The van der Waals surface area contributed by atoms with Crippen LogP contribution < -0.4 is 9.88 Å². The Morgan fingerprint density at radius 3 is 2.41 bits per heavy atom. The molecule has 0 atom stereocenters. The highest BCUT2D eigenvalue weighted by atomic mass is 32.2. The van der Waals surface area contributed by atoms with Crippen LogP contribution in [0.4, 0.5) is 5.69 Å². The van der Waals surface area contributed by atoms with Gasteiger partial charge in [-0.3, -0.25) is 14.9 Å². The molecule has 2 N–H and O–H groups in total. The smallest absolute Gasteiger partial charge is 0.273 e. The number of methoxy groups -OCH3 is 1. The number of carbonyl (C=O) groups is 1. The minimum atomic E-state index is -4.21. The number of nitrogens with two attached hydrogens (primary N) is 1. The molecule has 0 aliphatic rings. The quantitative estimate of drug-likeness (QED) is 0.463. The van der Waals surface area contributed by atoms with Gasteiger partial charge in [0, 0.05) is 11.6 Å². The van der Waals surface area contributed by atoms with E-state index in [9.17, 15) is 23.3 Å². The zero-order valence-electron chi connectivity index (χ0n) is 8.61. The lowest BCUT2D eigenvalue weighted by atomic mass is 10.2. The molecule has 92 valence electrons. The summed E-state index contributed by atoms with van der Waals surface area (Å²) < 4.78 is 27.2. The Morgan fingerprint density at radius 2 is 2.06 bits per heavy atom. The molecule has 0 spiro atoms. The second kappa shape index (κ2) is 4.47. The summed E-state index contributed by atoms with van der Waals surface area (Å²) >= 11 is 0. The molecule has 0 bridgehead atoms. The van der Waals surface area contributed by atoms with Crippen molar-refractivity contribution in [3.63, 3.8) is 0 Å². The number of aldehydes is 1. The van der Waals surface area contributed by atoms with E-state index in [1.54, 1.807) is 0 Å². The first-order valence-electron chi connectivity index (χ1n) is 4.15. The second-order valence-electron chi connectivity index (χ2n) is 2.99. The Balaban J connectivity index is 3.71. The van der Waals surface area contributed by atoms with Crippen molar-refractivity contribution in [3.05, 3.63) is 27.8 Å². The van der Waals surface area contributed by atoms with Crippen LogP contribution in [0.3, 0.4) is 0 Å². The fourth-order valence-corrected chi connectivity index (χ4v) is 2.12. The number of ether oxygens (including phenoxy) is 1. The molecule has 1 aromatic carbocycles. The highest BCUT2D eigenvalue weighted by molar-refractivity contribution is 7.89. The van der Waals surface area contributed by atoms with E-state index in [-0.39, 0.29) is 12.0 Å². The third kappa shape index (κ3) is 2.57. The zero-order valence-corrected chi connectivity index (χ0v) is 9.43. The summed E-state index contributed by atoms with van der Waals surface area (Å²) in [4.78, 5) is 19.9. The number of non-ortho nitro benzene ring substituents is 1. The van der Waals surface area contributed by atoms with Crippen molar-refractivity contribution < 1.29 is 22.9 Å². The number of primary sulfonamides is 1. The summed E-state index contributed by atoms with van der Waals surface area (Å²) in [5.74, 6) is -0.344. The Kier molecular flexibility index (Phi) is 3.44. The number of hydrogen-bond donors (Lipinski definition) is 1. The molecule has 9 heteroatoms. The monoisotopic (exact) mass is 260 g/mol. The molecule has 17 heavy (non-hydrogen) atoms. The van der Waals surface area contributed by atoms with Crippen LogP contribution in [0, 0.1) is 10.1 Å². The van der Waals surface area contributed by atoms with Gasteiger partial charge in [-0.2, -0.15) is 0 Å². The standard InChI is InChI=1S/C8H8N2O6S/c1-16-7-3-6(10(12)13)2-5(4-11)8(7)17(9,14)15/h2-4H,1H3,(H2,9,14,15).